The van der Waals surface area contributed by atoms with Crippen LogP contribution in [-0.2, 0) is 14.3 Å². The highest BCUT2D eigenvalue weighted by molar-refractivity contribution is 5.94. The molecule has 1 rings (SSSR count). The molecule has 0 bridgehead atoms. The summed E-state index contributed by atoms with van der Waals surface area (Å²) in [5.74, 6) is -0.0875. The highest BCUT2D eigenvalue weighted by atomic mass is 16.5. The van der Waals surface area contributed by atoms with Gasteiger partial charge in [-0.05, 0) is 32.3 Å². The van der Waals surface area contributed by atoms with Gasteiger partial charge in [-0.3, -0.25) is 9.59 Å². The third kappa shape index (κ3) is 4.81. The van der Waals surface area contributed by atoms with Crippen molar-refractivity contribution in [1.29, 1.82) is 0 Å². The first-order chi connectivity index (χ1) is 9.10. The molecule has 0 aromatic rings. The normalized spacial score (nSPS) is 23.1. The van der Waals surface area contributed by atoms with Crippen molar-refractivity contribution in [1.82, 2.24) is 0 Å². The van der Waals surface area contributed by atoms with Crippen molar-refractivity contribution < 1.29 is 14.3 Å². The van der Waals surface area contributed by atoms with Crippen molar-refractivity contribution in [2.45, 2.75) is 59.3 Å². The van der Waals surface area contributed by atoms with E-state index in [1.807, 2.05) is 13.8 Å². The summed E-state index contributed by atoms with van der Waals surface area (Å²) in [7, 11) is 0. The lowest BCUT2D eigenvalue weighted by molar-refractivity contribution is -0.149. The molecule has 0 unspecified atom stereocenters. The predicted octanol–water partition coefficient (Wildman–Crippen LogP) is 3.67. The number of unbranched alkanes of at least 4 members (excludes halogenated alkanes) is 3. The average Bonchev–Trinajstić information content (AvgIpc) is 2.34. The Labute approximate surface area is 116 Å². The summed E-state index contributed by atoms with van der Waals surface area (Å²) in [4.78, 5) is 23.7. The lowest BCUT2D eigenvalue weighted by Gasteiger charge is -2.29. The van der Waals surface area contributed by atoms with E-state index in [1.165, 1.54) is 19.3 Å². The highest BCUT2D eigenvalue weighted by Crippen LogP contribution is 2.33. The molecule has 2 atom stereocenters. The molecule has 0 saturated carbocycles. The Kier molecular flexibility index (Phi) is 6.82. The first-order valence-corrected chi connectivity index (χ1v) is 7.47. The van der Waals surface area contributed by atoms with E-state index in [2.05, 4.69) is 6.92 Å². The van der Waals surface area contributed by atoms with Crippen molar-refractivity contribution in [3.05, 3.63) is 11.6 Å². The molecule has 3 nitrogen and oxygen atoms in total. The van der Waals surface area contributed by atoms with Gasteiger partial charge in [0.1, 0.15) is 0 Å². The zero-order valence-electron chi connectivity index (χ0n) is 12.4. The van der Waals surface area contributed by atoms with E-state index in [0.29, 0.717) is 13.0 Å². The summed E-state index contributed by atoms with van der Waals surface area (Å²) in [6.07, 6.45) is 7.75. The third-order valence-corrected chi connectivity index (χ3v) is 3.78. The van der Waals surface area contributed by atoms with Crippen molar-refractivity contribution in [2.24, 2.45) is 11.8 Å². The molecule has 3 heteroatoms. The number of carbonyl (C=O) groups is 2. The van der Waals surface area contributed by atoms with E-state index in [4.69, 9.17) is 4.74 Å². The molecule has 0 heterocycles. The Morgan fingerprint density at radius 1 is 1.32 bits per heavy atom. The Balaban J connectivity index is 2.66. The summed E-state index contributed by atoms with van der Waals surface area (Å²) in [6.45, 7) is 6.27. The molecule has 0 amide bonds. The van der Waals surface area contributed by atoms with Crippen LogP contribution >= 0.6 is 0 Å². The molecule has 1 aliphatic rings. The Morgan fingerprint density at radius 2 is 2.05 bits per heavy atom. The number of hydrogen-bond acceptors (Lipinski definition) is 3. The fraction of sp³-hybridized carbons (Fsp3) is 0.750. The molecule has 0 N–H and O–H groups in total. The van der Waals surface area contributed by atoms with Crippen LogP contribution in [0, 0.1) is 11.8 Å². The van der Waals surface area contributed by atoms with Gasteiger partial charge in [-0.2, -0.15) is 0 Å². The molecule has 108 valence electrons. The Hall–Kier alpha value is -1.12. The second-order valence-corrected chi connectivity index (χ2v) is 5.40. The van der Waals surface area contributed by atoms with Gasteiger partial charge in [0.25, 0.3) is 0 Å². The van der Waals surface area contributed by atoms with Gasteiger partial charge < -0.3 is 4.74 Å². The largest absolute Gasteiger partial charge is 0.466 e. The molecule has 0 fully saturated rings. The summed E-state index contributed by atoms with van der Waals surface area (Å²) < 4.78 is 5.15. The summed E-state index contributed by atoms with van der Waals surface area (Å²) in [5.41, 5.74) is 0.871. The van der Waals surface area contributed by atoms with E-state index < -0.39 is 0 Å². The number of esters is 1. The number of carbonyl (C=O) groups excluding carboxylic acids is 2. The van der Waals surface area contributed by atoms with E-state index >= 15 is 0 Å². The van der Waals surface area contributed by atoms with Crippen molar-refractivity contribution in [2.75, 3.05) is 6.61 Å². The van der Waals surface area contributed by atoms with Gasteiger partial charge in [-0.15, -0.1) is 0 Å². The van der Waals surface area contributed by atoms with Crippen LogP contribution in [0.15, 0.2) is 11.6 Å². The maximum atomic E-state index is 12.0. The third-order valence-electron chi connectivity index (χ3n) is 3.78. The summed E-state index contributed by atoms with van der Waals surface area (Å²) >= 11 is 0. The minimum Gasteiger partial charge on any atom is -0.466 e. The van der Waals surface area contributed by atoms with Crippen LogP contribution in [0.4, 0.5) is 0 Å². The number of allylic oxidation sites excluding steroid dienone is 1. The van der Waals surface area contributed by atoms with Gasteiger partial charge >= 0.3 is 5.97 Å². The zero-order chi connectivity index (χ0) is 14.3. The van der Waals surface area contributed by atoms with Crippen LogP contribution in [0.25, 0.3) is 0 Å². The van der Waals surface area contributed by atoms with Crippen LogP contribution in [0.1, 0.15) is 59.3 Å². The summed E-state index contributed by atoms with van der Waals surface area (Å²) in [6, 6.07) is 0. The van der Waals surface area contributed by atoms with Crippen molar-refractivity contribution >= 4 is 11.8 Å². The van der Waals surface area contributed by atoms with Crippen LogP contribution < -0.4 is 0 Å². The second kappa shape index (κ2) is 8.13. The number of ketones is 1. The van der Waals surface area contributed by atoms with Crippen LogP contribution in [0.5, 0.6) is 0 Å². The van der Waals surface area contributed by atoms with Crippen LogP contribution in [-0.4, -0.2) is 18.4 Å². The Morgan fingerprint density at radius 3 is 2.68 bits per heavy atom. The van der Waals surface area contributed by atoms with Gasteiger partial charge in [0.05, 0.1) is 12.5 Å². The monoisotopic (exact) mass is 266 g/mol. The topological polar surface area (TPSA) is 43.4 Å². The Bertz CT molecular complexity index is 344. The SMILES string of the molecule is CCCCCC[C@H]1CC(=O)C=C(C)[C@H]1C(=O)OCC. The lowest BCUT2D eigenvalue weighted by atomic mass is 9.76. The standard InChI is InChI=1S/C16H26O3/c1-4-6-7-8-9-13-11-14(17)10-12(3)15(13)16(18)19-5-2/h10,13,15H,4-9,11H2,1-3H3/t13-,15+/m0/s1. The molecule has 1 aliphatic carbocycles. The average molecular weight is 266 g/mol. The minimum atomic E-state index is -0.209. The van der Waals surface area contributed by atoms with Gasteiger partial charge in [0.15, 0.2) is 5.78 Å². The number of hydrogen-bond donors (Lipinski definition) is 0. The van der Waals surface area contributed by atoms with Crippen molar-refractivity contribution in [3.8, 4) is 0 Å². The molecule has 0 aromatic carbocycles. The zero-order valence-corrected chi connectivity index (χ0v) is 12.4. The van der Waals surface area contributed by atoms with Gasteiger partial charge in [-0.25, -0.2) is 0 Å². The van der Waals surface area contributed by atoms with Gasteiger partial charge in [0, 0.05) is 6.42 Å². The molecule has 0 saturated heterocycles. The van der Waals surface area contributed by atoms with Gasteiger partial charge in [0.2, 0.25) is 0 Å². The first kappa shape index (κ1) is 15.9. The fourth-order valence-corrected chi connectivity index (χ4v) is 2.86. The molecule has 19 heavy (non-hydrogen) atoms. The van der Waals surface area contributed by atoms with E-state index in [0.717, 1.165) is 18.4 Å². The van der Waals surface area contributed by atoms with Crippen molar-refractivity contribution in [3.63, 3.8) is 0 Å². The smallest absolute Gasteiger partial charge is 0.313 e. The maximum Gasteiger partial charge on any atom is 0.313 e. The summed E-state index contributed by atoms with van der Waals surface area (Å²) in [5, 5.41) is 0. The molecule has 0 aliphatic heterocycles. The number of ether oxygens (including phenoxy) is 1. The maximum absolute atomic E-state index is 12.0. The lowest BCUT2D eigenvalue weighted by Crippen LogP contribution is -2.32. The fourth-order valence-electron chi connectivity index (χ4n) is 2.86. The van der Waals surface area contributed by atoms with E-state index in [1.54, 1.807) is 6.08 Å². The first-order valence-electron chi connectivity index (χ1n) is 7.47. The minimum absolute atomic E-state index is 0.133. The molecular formula is C16H26O3. The van der Waals surface area contributed by atoms with Crippen LogP contribution in [0.2, 0.25) is 0 Å². The number of rotatable bonds is 7. The molecule has 0 radical (unpaired) electrons. The second-order valence-electron chi connectivity index (χ2n) is 5.40. The molecular weight excluding hydrogens is 240 g/mol. The predicted molar refractivity (Wildman–Crippen MR) is 75.8 cm³/mol. The van der Waals surface area contributed by atoms with Crippen LogP contribution in [0.3, 0.4) is 0 Å². The van der Waals surface area contributed by atoms with E-state index in [-0.39, 0.29) is 23.6 Å². The van der Waals surface area contributed by atoms with Gasteiger partial charge in [-0.1, -0.05) is 38.2 Å². The molecule has 0 spiro atoms. The molecule has 0 aromatic heterocycles. The quantitative estimate of drug-likeness (QED) is 0.521. The highest BCUT2D eigenvalue weighted by Gasteiger charge is 2.35. The van der Waals surface area contributed by atoms with E-state index in [9.17, 15) is 9.59 Å².